The Morgan fingerprint density at radius 2 is 2.20 bits per heavy atom. The van der Waals surface area contributed by atoms with Crippen molar-refractivity contribution < 1.29 is 4.79 Å². The molecule has 0 spiro atoms. The topological polar surface area (TPSA) is 20.3 Å². The molecule has 1 heterocycles. The third-order valence-electron chi connectivity index (χ3n) is 3.22. The van der Waals surface area contributed by atoms with E-state index in [-0.39, 0.29) is 11.9 Å². The van der Waals surface area contributed by atoms with Crippen LogP contribution in [0.5, 0.6) is 0 Å². The Bertz CT molecular complexity index is 600. The lowest BCUT2D eigenvalue weighted by Crippen LogP contribution is -2.36. The van der Waals surface area contributed by atoms with Crippen molar-refractivity contribution >= 4 is 51.4 Å². The summed E-state index contributed by atoms with van der Waals surface area (Å²) in [7, 11) is 1.84. The number of rotatable bonds is 4. The zero-order valence-electron chi connectivity index (χ0n) is 11.3. The van der Waals surface area contributed by atoms with Gasteiger partial charge in [0.05, 0.1) is 5.56 Å². The van der Waals surface area contributed by atoms with Crippen LogP contribution in [0.2, 0.25) is 5.02 Å². The average molecular weight is 420 g/mol. The van der Waals surface area contributed by atoms with Gasteiger partial charge < -0.3 is 4.90 Å². The van der Waals surface area contributed by atoms with Crippen molar-refractivity contribution in [1.82, 2.24) is 4.90 Å². The molecular formula is C15H15ClINOS. The van der Waals surface area contributed by atoms with Gasteiger partial charge in [-0.15, -0.1) is 11.3 Å². The normalized spacial score (nSPS) is 12.2. The van der Waals surface area contributed by atoms with Gasteiger partial charge in [-0.3, -0.25) is 4.79 Å². The third kappa shape index (κ3) is 3.74. The number of halogens is 2. The maximum atomic E-state index is 12.6. The van der Waals surface area contributed by atoms with E-state index in [1.54, 1.807) is 28.4 Å². The third-order valence-corrected chi connectivity index (χ3v) is 5.29. The van der Waals surface area contributed by atoms with Crippen LogP contribution in [0, 0.1) is 3.57 Å². The summed E-state index contributed by atoms with van der Waals surface area (Å²) in [5.41, 5.74) is 0.665. The summed E-state index contributed by atoms with van der Waals surface area (Å²) >= 11 is 9.88. The minimum absolute atomic E-state index is 0.0148. The van der Waals surface area contributed by atoms with Gasteiger partial charge >= 0.3 is 0 Å². The second-order valence-corrected chi connectivity index (χ2v) is 7.30. The molecule has 1 atom stereocenters. The number of thiophene rings is 1. The SMILES string of the molecule is CC(Cc1cccs1)N(C)C(=O)c1cc(Cl)ccc1I. The minimum Gasteiger partial charge on any atom is -0.339 e. The molecule has 0 bridgehead atoms. The summed E-state index contributed by atoms with van der Waals surface area (Å²) in [6.45, 7) is 2.06. The van der Waals surface area contributed by atoms with E-state index in [9.17, 15) is 4.79 Å². The van der Waals surface area contributed by atoms with E-state index in [0.717, 1.165) is 9.99 Å². The van der Waals surface area contributed by atoms with Crippen molar-refractivity contribution in [2.75, 3.05) is 7.05 Å². The molecule has 1 unspecified atom stereocenters. The van der Waals surface area contributed by atoms with Crippen molar-refractivity contribution in [2.45, 2.75) is 19.4 Å². The molecule has 106 valence electrons. The number of hydrogen-bond donors (Lipinski definition) is 0. The second kappa shape index (κ2) is 6.91. The van der Waals surface area contributed by atoms with E-state index < -0.39 is 0 Å². The summed E-state index contributed by atoms with van der Waals surface area (Å²) in [4.78, 5) is 15.6. The minimum atomic E-state index is 0.0148. The van der Waals surface area contributed by atoms with Crippen LogP contribution in [0.4, 0.5) is 0 Å². The molecule has 20 heavy (non-hydrogen) atoms. The highest BCUT2D eigenvalue weighted by molar-refractivity contribution is 14.1. The molecule has 1 amide bonds. The van der Waals surface area contributed by atoms with Crippen molar-refractivity contribution in [3.8, 4) is 0 Å². The number of carbonyl (C=O) groups is 1. The largest absolute Gasteiger partial charge is 0.339 e. The average Bonchev–Trinajstić information content (AvgIpc) is 2.92. The first-order valence-electron chi connectivity index (χ1n) is 6.23. The standard InChI is InChI=1S/C15H15ClINOS/c1-10(8-12-4-3-7-20-12)18(2)15(19)13-9-11(16)5-6-14(13)17/h3-7,9-10H,8H2,1-2H3. The molecule has 0 N–H and O–H groups in total. The molecule has 0 aliphatic carbocycles. The number of carbonyl (C=O) groups excluding carboxylic acids is 1. The highest BCUT2D eigenvalue weighted by atomic mass is 127. The lowest BCUT2D eigenvalue weighted by Gasteiger charge is -2.25. The van der Waals surface area contributed by atoms with Crippen LogP contribution in [0.3, 0.4) is 0 Å². The smallest absolute Gasteiger partial charge is 0.254 e. The summed E-state index contributed by atoms with van der Waals surface area (Å²) in [5, 5.41) is 2.65. The maximum absolute atomic E-state index is 12.6. The second-order valence-electron chi connectivity index (χ2n) is 4.67. The van der Waals surface area contributed by atoms with Crippen molar-refractivity contribution in [1.29, 1.82) is 0 Å². The van der Waals surface area contributed by atoms with Gasteiger partial charge in [0.15, 0.2) is 0 Å². The van der Waals surface area contributed by atoms with Gasteiger partial charge in [0.25, 0.3) is 5.91 Å². The van der Waals surface area contributed by atoms with Crippen LogP contribution in [-0.2, 0) is 6.42 Å². The van der Waals surface area contributed by atoms with Gasteiger partial charge in [0.2, 0.25) is 0 Å². The Hall–Kier alpha value is -0.590. The molecule has 1 aromatic carbocycles. The van der Waals surface area contributed by atoms with Crippen molar-refractivity contribution in [3.63, 3.8) is 0 Å². The van der Waals surface area contributed by atoms with Gasteiger partial charge in [0.1, 0.15) is 0 Å². The van der Waals surface area contributed by atoms with Crippen LogP contribution in [0.15, 0.2) is 35.7 Å². The van der Waals surface area contributed by atoms with Crippen LogP contribution >= 0.6 is 45.5 Å². The summed E-state index contributed by atoms with van der Waals surface area (Å²) in [6.07, 6.45) is 0.872. The molecule has 0 saturated heterocycles. The zero-order valence-corrected chi connectivity index (χ0v) is 15.0. The maximum Gasteiger partial charge on any atom is 0.254 e. The highest BCUT2D eigenvalue weighted by Gasteiger charge is 2.20. The molecule has 0 fully saturated rings. The van der Waals surface area contributed by atoms with Crippen molar-refractivity contribution in [2.24, 2.45) is 0 Å². The van der Waals surface area contributed by atoms with E-state index in [1.807, 2.05) is 19.2 Å². The number of likely N-dealkylation sites (N-methyl/N-ethyl adjacent to an activating group) is 1. The Balaban J connectivity index is 2.13. The van der Waals surface area contributed by atoms with Crippen molar-refractivity contribution in [3.05, 3.63) is 54.7 Å². The lowest BCUT2D eigenvalue weighted by atomic mass is 10.1. The lowest BCUT2D eigenvalue weighted by molar-refractivity contribution is 0.0743. The summed E-state index contributed by atoms with van der Waals surface area (Å²) < 4.78 is 0.923. The fourth-order valence-corrected chi connectivity index (χ4v) is 3.47. The molecule has 0 aliphatic rings. The quantitative estimate of drug-likeness (QED) is 0.657. The Labute approximate surface area is 141 Å². The highest BCUT2D eigenvalue weighted by Crippen LogP contribution is 2.21. The molecular weight excluding hydrogens is 405 g/mol. The number of benzene rings is 1. The first kappa shape index (κ1) is 15.8. The monoisotopic (exact) mass is 419 g/mol. The van der Waals surface area contributed by atoms with E-state index in [1.165, 1.54) is 4.88 Å². The van der Waals surface area contributed by atoms with Gasteiger partial charge in [-0.2, -0.15) is 0 Å². The Morgan fingerprint density at radius 1 is 1.45 bits per heavy atom. The molecule has 0 saturated carbocycles. The number of nitrogens with zero attached hydrogens (tertiary/aromatic N) is 1. The van der Waals surface area contributed by atoms with Crippen LogP contribution < -0.4 is 0 Å². The van der Waals surface area contributed by atoms with Crippen LogP contribution in [-0.4, -0.2) is 23.9 Å². The number of amides is 1. The van der Waals surface area contributed by atoms with Crippen LogP contribution in [0.25, 0.3) is 0 Å². The van der Waals surface area contributed by atoms with E-state index in [0.29, 0.717) is 10.6 Å². The molecule has 2 rings (SSSR count). The first-order valence-corrected chi connectivity index (χ1v) is 8.57. The van der Waals surface area contributed by atoms with Gasteiger partial charge in [-0.25, -0.2) is 0 Å². The summed E-state index contributed by atoms with van der Waals surface area (Å²) in [5.74, 6) is 0.0148. The zero-order chi connectivity index (χ0) is 14.7. The predicted molar refractivity (Wildman–Crippen MR) is 93.7 cm³/mol. The van der Waals surface area contributed by atoms with Gasteiger partial charge in [-0.1, -0.05) is 17.7 Å². The molecule has 1 aromatic heterocycles. The molecule has 2 nitrogen and oxygen atoms in total. The van der Waals surface area contributed by atoms with Gasteiger partial charge in [0, 0.05) is 33.0 Å². The fraction of sp³-hybridized carbons (Fsp3) is 0.267. The van der Waals surface area contributed by atoms with E-state index >= 15 is 0 Å². The fourth-order valence-electron chi connectivity index (χ4n) is 1.91. The van der Waals surface area contributed by atoms with Crippen LogP contribution in [0.1, 0.15) is 22.2 Å². The predicted octanol–water partition coefficient (Wildman–Crippen LogP) is 4.71. The molecule has 2 aromatic rings. The Kier molecular flexibility index (Phi) is 5.46. The first-order chi connectivity index (χ1) is 9.49. The van der Waals surface area contributed by atoms with E-state index in [4.69, 9.17) is 11.6 Å². The molecule has 0 aliphatic heterocycles. The Morgan fingerprint density at radius 3 is 2.85 bits per heavy atom. The molecule has 0 radical (unpaired) electrons. The number of hydrogen-bond acceptors (Lipinski definition) is 2. The van der Waals surface area contributed by atoms with Gasteiger partial charge in [-0.05, 0) is 59.2 Å². The molecule has 5 heteroatoms. The van der Waals surface area contributed by atoms with E-state index in [2.05, 4.69) is 41.0 Å². The summed E-state index contributed by atoms with van der Waals surface area (Å²) in [6, 6.07) is 9.69.